The molecule has 1 aliphatic rings. The molecule has 100 valence electrons. The highest BCUT2D eigenvalue weighted by molar-refractivity contribution is 6.30. The number of halogens is 2. The second-order valence-electron chi connectivity index (χ2n) is 4.53. The summed E-state index contributed by atoms with van der Waals surface area (Å²) in [6.07, 6.45) is 2.03. The molecule has 2 N–H and O–H groups in total. The smallest absolute Gasteiger partial charge is 0.239 e. The Kier molecular flexibility index (Phi) is 5.45. The maximum atomic E-state index is 12.0. The van der Waals surface area contributed by atoms with E-state index in [-0.39, 0.29) is 24.4 Å². The first-order valence-corrected chi connectivity index (χ1v) is 6.29. The SMILES string of the molecule is C[C@@H](N)C(=O)N1CCCC1c1ccc(Cl)cc1.Cl. The van der Waals surface area contributed by atoms with Crippen LogP contribution in [-0.4, -0.2) is 23.4 Å². The number of rotatable bonds is 2. The monoisotopic (exact) mass is 288 g/mol. The lowest BCUT2D eigenvalue weighted by Gasteiger charge is -2.26. The first-order chi connectivity index (χ1) is 8.09. The summed E-state index contributed by atoms with van der Waals surface area (Å²) in [5.41, 5.74) is 6.81. The maximum Gasteiger partial charge on any atom is 0.239 e. The number of hydrogen-bond acceptors (Lipinski definition) is 2. The van der Waals surface area contributed by atoms with Gasteiger partial charge in [0, 0.05) is 11.6 Å². The Hall–Kier alpha value is -0.770. The molecule has 0 aliphatic carbocycles. The van der Waals surface area contributed by atoms with E-state index in [1.54, 1.807) is 6.92 Å². The van der Waals surface area contributed by atoms with Crippen molar-refractivity contribution in [3.8, 4) is 0 Å². The molecular formula is C13H18Cl2N2O. The van der Waals surface area contributed by atoms with E-state index in [1.807, 2.05) is 29.2 Å². The highest BCUT2D eigenvalue weighted by atomic mass is 35.5. The van der Waals surface area contributed by atoms with Gasteiger partial charge in [-0.25, -0.2) is 0 Å². The van der Waals surface area contributed by atoms with E-state index in [0.717, 1.165) is 30.0 Å². The van der Waals surface area contributed by atoms with E-state index >= 15 is 0 Å². The van der Waals surface area contributed by atoms with Crippen LogP contribution in [0.3, 0.4) is 0 Å². The molecule has 18 heavy (non-hydrogen) atoms. The Labute approximate surface area is 119 Å². The molecule has 0 spiro atoms. The van der Waals surface area contributed by atoms with Crippen LogP contribution in [0.25, 0.3) is 0 Å². The van der Waals surface area contributed by atoms with E-state index in [2.05, 4.69) is 0 Å². The third-order valence-corrected chi connectivity index (χ3v) is 3.43. The van der Waals surface area contributed by atoms with Gasteiger partial charge in [0.2, 0.25) is 5.91 Å². The molecule has 1 fully saturated rings. The van der Waals surface area contributed by atoms with Crippen molar-refractivity contribution in [2.75, 3.05) is 6.54 Å². The quantitative estimate of drug-likeness (QED) is 0.910. The molecule has 1 saturated heterocycles. The fraction of sp³-hybridized carbons (Fsp3) is 0.462. The summed E-state index contributed by atoms with van der Waals surface area (Å²) in [5, 5.41) is 0.719. The molecule has 2 rings (SSSR count). The largest absolute Gasteiger partial charge is 0.334 e. The summed E-state index contributed by atoms with van der Waals surface area (Å²) in [7, 11) is 0. The minimum atomic E-state index is -0.428. The predicted octanol–water partition coefficient (Wildman–Crippen LogP) is 2.77. The number of nitrogens with zero attached hydrogens (tertiary/aromatic N) is 1. The summed E-state index contributed by atoms with van der Waals surface area (Å²) in [6, 6.07) is 7.43. The average molecular weight is 289 g/mol. The lowest BCUT2D eigenvalue weighted by molar-refractivity contribution is -0.133. The Morgan fingerprint density at radius 3 is 2.61 bits per heavy atom. The van der Waals surface area contributed by atoms with Gasteiger partial charge in [-0.15, -0.1) is 12.4 Å². The van der Waals surface area contributed by atoms with E-state index in [4.69, 9.17) is 17.3 Å². The molecule has 1 amide bonds. The molecular weight excluding hydrogens is 271 g/mol. The summed E-state index contributed by atoms with van der Waals surface area (Å²) >= 11 is 5.87. The molecule has 2 atom stereocenters. The number of amides is 1. The lowest BCUT2D eigenvalue weighted by atomic mass is 10.0. The third kappa shape index (κ3) is 3.16. The van der Waals surface area contributed by atoms with Gasteiger partial charge in [0.25, 0.3) is 0 Å². The van der Waals surface area contributed by atoms with Crippen molar-refractivity contribution in [1.82, 2.24) is 4.90 Å². The zero-order chi connectivity index (χ0) is 12.4. The molecule has 5 heteroatoms. The van der Waals surface area contributed by atoms with Crippen LogP contribution in [-0.2, 0) is 4.79 Å². The van der Waals surface area contributed by atoms with E-state index in [1.165, 1.54) is 0 Å². The van der Waals surface area contributed by atoms with Gasteiger partial charge >= 0.3 is 0 Å². The average Bonchev–Trinajstić information content (AvgIpc) is 2.77. The lowest BCUT2D eigenvalue weighted by Crippen LogP contribution is -2.41. The Morgan fingerprint density at radius 2 is 2.06 bits per heavy atom. The Bertz CT molecular complexity index is 406. The summed E-state index contributed by atoms with van der Waals surface area (Å²) in [4.78, 5) is 13.9. The van der Waals surface area contributed by atoms with Gasteiger partial charge < -0.3 is 10.6 Å². The van der Waals surface area contributed by atoms with E-state index < -0.39 is 6.04 Å². The second-order valence-corrected chi connectivity index (χ2v) is 4.97. The summed E-state index contributed by atoms with van der Waals surface area (Å²) < 4.78 is 0. The highest BCUT2D eigenvalue weighted by Crippen LogP contribution is 2.32. The Morgan fingerprint density at radius 1 is 1.44 bits per heavy atom. The minimum Gasteiger partial charge on any atom is -0.334 e. The van der Waals surface area contributed by atoms with Crippen molar-refractivity contribution >= 4 is 29.9 Å². The zero-order valence-corrected chi connectivity index (χ0v) is 11.9. The van der Waals surface area contributed by atoms with Crippen LogP contribution in [0, 0.1) is 0 Å². The topological polar surface area (TPSA) is 46.3 Å². The predicted molar refractivity (Wildman–Crippen MR) is 76.0 cm³/mol. The first-order valence-electron chi connectivity index (χ1n) is 5.91. The van der Waals surface area contributed by atoms with Crippen LogP contribution in [0.1, 0.15) is 31.4 Å². The van der Waals surface area contributed by atoms with Crippen LogP contribution in [0.4, 0.5) is 0 Å². The zero-order valence-electron chi connectivity index (χ0n) is 10.3. The van der Waals surface area contributed by atoms with Crippen molar-refractivity contribution in [3.05, 3.63) is 34.9 Å². The van der Waals surface area contributed by atoms with Crippen molar-refractivity contribution in [2.45, 2.75) is 31.8 Å². The highest BCUT2D eigenvalue weighted by Gasteiger charge is 2.31. The van der Waals surface area contributed by atoms with Crippen LogP contribution in [0.2, 0.25) is 5.02 Å². The Balaban J connectivity index is 0.00000162. The number of carbonyl (C=O) groups excluding carboxylic acids is 1. The van der Waals surface area contributed by atoms with Gasteiger partial charge in [0.1, 0.15) is 0 Å². The molecule has 0 aromatic heterocycles. The minimum absolute atomic E-state index is 0. The molecule has 3 nitrogen and oxygen atoms in total. The number of benzene rings is 1. The van der Waals surface area contributed by atoms with Gasteiger partial charge in [0.05, 0.1) is 12.1 Å². The standard InChI is InChI=1S/C13H17ClN2O.ClH/c1-9(15)13(17)16-8-2-3-12(16)10-4-6-11(14)7-5-10;/h4-7,9,12H,2-3,8,15H2,1H3;1H/t9-,12?;/m1./s1. The maximum absolute atomic E-state index is 12.0. The van der Waals surface area contributed by atoms with Crippen LogP contribution >= 0.6 is 24.0 Å². The molecule has 1 aliphatic heterocycles. The molecule has 1 aromatic rings. The molecule has 0 saturated carbocycles. The summed E-state index contributed by atoms with van der Waals surface area (Å²) in [5.74, 6) is 0.0300. The molecule has 1 unspecified atom stereocenters. The van der Waals surface area contributed by atoms with Gasteiger partial charge in [-0.2, -0.15) is 0 Å². The molecule has 0 bridgehead atoms. The van der Waals surface area contributed by atoms with Crippen LogP contribution < -0.4 is 5.73 Å². The van der Waals surface area contributed by atoms with Gasteiger partial charge in [-0.05, 0) is 37.5 Å². The van der Waals surface area contributed by atoms with Gasteiger partial charge in [-0.1, -0.05) is 23.7 Å². The van der Waals surface area contributed by atoms with E-state index in [0.29, 0.717) is 0 Å². The normalized spacial score (nSPS) is 20.4. The van der Waals surface area contributed by atoms with Crippen molar-refractivity contribution in [1.29, 1.82) is 0 Å². The second kappa shape index (κ2) is 6.41. The molecule has 0 radical (unpaired) electrons. The number of carbonyl (C=O) groups is 1. The molecule has 1 heterocycles. The van der Waals surface area contributed by atoms with Gasteiger partial charge in [0.15, 0.2) is 0 Å². The fourth-order valence-electron chi connectivity index (χ4n) is 2.32. The fourth-order valence-corrected chi connectivity index (χ4v) is 2.45. The van der Waals surface area contributed by atoms with Crippen molar-refractivity contribution in [2.24, 2.45) is 5.73 Å². The summed E-state index contributed by atoms with van der Waals surface area (Å²) in [6.45, 7) is 2.53. The van der Waals surface area contributed by atoms with Crippen LogP contribution in [0.5, 0.6) is 0 Å². The van der Waals surface area contributed by atoms with Crippen molar-refractivity contribution < 1.29 is 4.79 Å². The van der Waals surface area contributed by atoms with Crippen molar-refractivity contribution in [3.63, 3.8) is 0 Å². The first kappa shape index (κ1) is 15.3. The molecule has 1 aromatic carbocycles. The van der Waals surface area contributed by atoms with Crippen LogP contribution in [0.15, 0.2) is 24.3 Å². The number of nitrogens with two attached hydrogens (primary N) is 1. The third-order valence-electron chi connectivity index (χ3n) is 3.18. The number of hydrogen-bond donors (Lipinski definition) is 1. The van der Waals surface area contributed by atoms with Gasteiger partial charge in [-0.3, -0.25) is 4.79 Å². The van der Waals surface area contributed by atoms with E-state index in [9.17, 15) is 4.79 Å². The number of likely N-dealkylation sites (tertiary alicyclic amines) is 1.